The molecule has 1 N–H and O–H groups in total. The van der Waals surface area contributed by atoms with Crippen molar-refractivity contribution in [3.63, 3.8) is 0 Å². The van der Waals surface area contributed by atoms with Gasteiger partial charge in [0.05, 0.1) is 0 Å². The zero-order valence-electron chi connectivity index (χ0n) is 11.8. The Morgan fingerprint density at radius 3 is 2.55 bits per heavy atom. The Hall–Kier alpha value is -1.10. The summed E-state index contributed by atoms with van der Waals surface area (Å²) in [5, 5.41) is 1.64. The van der Waals surface area contributed by atoms with E-state index in [1.807, 2.05) is 4.90 Å². The van der Waals surface area contributed by atoms with E-state index in [0.29, 0.717) is 11.1 Å². The minimum Gasteiger partial charge on any atom is -0.337 e. The number of hydrogen-bond acceptors (Lipinski definition) is 3. The van der Waals surface area contributed by atoms with Crippen LogP contribution in [0, 0.1) is 5.41 Å². The van der Waals surface area contributed by atoms with Gasteiger partial charge in [-0.3, -0.25) is 9.59 Å². The average Bonchev–Trinajstić information content (AvgIpc) is 2.79. The van der Waals surface area contributed by atoms with Gasteiger partial charge in [-0.2, -0.15) is 0 Å². The zero-order chi connectivity index (χ0) is 14.0. The standard InChI is InChI=1S/C15H22N2O2S/c18-13(12-11-20-14(19)16-12)17-9-4-7-15(8-10-17)5-2-1-3-6-15/h11H,1-10H2,(H,16,19). The van der Waals surface area contributed by atoms with E-state index in [1.165, 1.54) is 38.5 Å². The minimum atomic E-state index is -0.146. The van der Waals surface area contributed by atoms with E-state index < -0.39 is 0 Å². The zero-order valence-corrected chi connectivity index (χ0v) is 12.6. The molecule has 3 rings (SSSR count). The third kappa shape index (κ3) is 2.82. The topological polar surface area (TPSA) is 53.2 Å². The van der Waals surface area contributed by atoms with E-state index in [0.717, 1.165) is 37.3 Å². The number of hydrogen-bond donors (Lipinski definition) is 1. The lowest BCUT2D eigenvalue weighted by Crippen LogP contribution is -2.33. The normalized spacial score (nSPS) is 22.7. The molecule has 2 aliphatic rings. The maximum absolute atomic E-state index is 12.4. The van der Waals surface area contributed by atoms with E-state index in [1.54, 1.807) is 5.38 Å². The molecule has 1 aromatic rings. The summed E-state index contributed by atoms with van der Waals surface area (Å²) in [5.41, 5.74) is 0.953. The van der Waals surface area contributed by atoms with E-state index >= 15 is 0 Å². The van der Waals surface area contributed by atoms with Gasteiger partial charge in [0.15, 0.2) is 0 Å². The molecule has 0 bridgehead atoms. The van der Waals surface area contributed by atoms with Gasteiger partial charge in [0.2, 0.25) is 0 Å². The summed E-state index contributed by atoms with van der Waals surface area (Å²) >= 11 is 1.06. The number of thiazole rings is 1. The fourth-order valence-corrected chi connectivity index (χ4v) is 4.37. The van der Waals surface area contributed by atoms with Crippen LogP contribution in [0.4, 0.5) is 0 Å². The van der Waals surface area contributed by atoms with Gasteiger partial charge in [-0.25, -0.2) is 0 Å². The van der Waals surface area contributed by atoms with Crippen molar-refractivity contribution in [3.05, 3.63) is 20.7 Å². The predicted octanol–water partition coefficient (Wildman–Crippen LogP) is 3.01. The Bertz CT molecular complexity index is 528. The monoisotopic (exact) mass is 294 g/mol. The lowest BCUT2D eigenvalue weighted by atomic mass is 9.69. The van der Waals surface area contributed by atoms with Gasteiger partial charge in [0.1, 0.15) is 5.69 Å². The number of aromatic amines is 1. The first kappa shape index (κ1) is 13.9. The fourth-order valence-electron chi connectivity index (χ4n) is 3.81. The molecule has 5 heteroatoms. The van der Waals surface area contributed by atoms with Crippen molar-refractivity contribution in [1.82, 2.24) is 9.88 Å². The van der Waals surface area contributed by atoms with Crippen molar-refractivity contribution in [2.45, 2.75) is 51.4 Å². The quantitative estimate of drug-likeness (QED) is 0.865. The van der Waals surface area contributed by atoms with Crippen LogP contribution < -0.4 is 4.87 Å². The molecule has 1 aliphatic carbocycles. The lowest BCUT2D eigenvalue weighted by Gasteiger charge is -2.36. The molecule has 1 saturated carbocycles. The molecule has 0 atom stereocenters. The van der Waals surface area contributed by atoms with E-state index in [-0.39, 0.29) is 10.8 Å². The molecule has 0 aromatic carbocycles. The number of carbonyl (C=O) groups excluding carboxylic acids is 1. The van der Waals surface area contributed by atoms with E-state index in [4.69, 9.17) is 0 Å². The van der Waals surface area contributed by atoms with E-state index in [9.17, 15) is 9.59 Å². The second-order valence-electron chi connectivity index (χ2n) is 6.27. The number of carbonyl (C=O) groups is 1. The highest BCUT2D eigenvalue weighted by Gasteiger charge is 2.34. The molecule has 20 heavy (non-hydrogen) atoms. The molecule has 1 aliphatic heterocycles. The smallest absolute Gasteiger partial charge is 0.305 e. The van der Waals surface area contributed by atoms with Crippen LogP contribution in [0.3, 0.4) is 0 Å². The van der Waals surface area contributed by atoms with Gasteiger partial charge >= 0.3 is 4.87 Å². The van der Waals surface area contributed by atoms with Crippen LogP contribution in [0.1, 0.15) is 61.9 Å². The molecule has 4 nitrogen and oxygen atoms in total. The summed E-state index contributed by atoms with van der Waals surface area (Å²) in [6.45, 7) is 1.68. The van der Waals surface area contributed by atoms with Crippen molar-refractivity contribution < 1.29 is 4.79 Å². The molecule has 2 heterocycles. The van der Waals surface area contributed by atoms with Gasteiger partial charge in [-0.05, 0) is 37.5 Å². The first-order chi connectivity index (χ1) is 9.69. The van der Waals surface area contributed by atoms with Crippen LogP contribution in [-0.4, -0.2) is 28.9 Å². The van der Waals surface area contributed by atoms with Crippen molar-refractivity contribution in [2.24, 2.45) is 5.41 Å². The number of amides is 1. The maximum atomic E-state index is 12.4. The summed E-state index contributed by atoms with van der Waals surface area (Å²) in [7, 11) is 0. The Labute approximate surface area is 123 Å². The van der Waals surface area contributed by atoms with Crippen LogP contribution >= 0.6 is 11.3 Å². The van der Waals surface area contributed by atoms with Gasteiger partial charge < -0.3 is 9.88 Å². The van der Waals surface area contributed by atoms with Crippen molar-refractivity contribution in [1.29, 1.82) is 0 Å². The Balaban J connectivity index is 1.67. The van der Waals surface area contributed by atoms with Crippen LogP contribution in [0.2, 0.25) is 0 Å². The van der Waals surface area contributed by atoms with Gasteiger partial charge in [-0.15, -0.1) is 0 Å². The molecule has 1 spiro atoms. The van der Waals surface area contributed by atoms with Crippen molar-refractivity contribution in [2.75, 3.05) is 13.1 Å². The summed E-state index contributed by atoms with van der Waals surface area (Å²) in [5.74, 6) is -0.00351. The molecule has 1 saturated heterocycles. The number of nitrogens with one attached hydrogen (secondary N) is 1. The second kappa shape index (κ2) is 5.72. The number of H-pyrrole nitrogens is 1. The highest BCUT2D eigenvalue weighted by Crippen LogP contribution is 2.44. The molecule has 0 radical (unpaired) electrons. The first-order valence-electron chi connectivity index (χ1n) is 7.66. The van der Waals surface area contributed by atoms with E-state index in [2.05, 4.69) is 4.98 Å². The molecular formula is C15H22N2O2S. The Morgan fingerprint density at radius 2 is 1.85 bits per heavy atom. The molecule has 0 unspecified atom stereocenters. The number of rotatable bonds is 1. The number of likely N-dealkylation sites (tertiary alicyclic amines) is 1. The largest absolute Gasteiger partial charge is 0.337 e. The van der Waals surface area contributed by atoms with Gasteiger partial charge in [0.25, 0.3) is 5.91 Å². The summed E-state index contributed by atoms with van der Waals surface area (Å²) in [4.78, 5) is 28.0. The Kier molecular flexibility index (Phi) is 3.96. The molecule has 1 aromatic heterocycles. The second-order valence-corrected chi connectivity index (χ2v) is 7.11. The highest BCUT2D eigenvalue weighted by atomic mass is 32.1. The molecule has 2 fully saturated rings. The number of nitrogens with zero attached hydrogens (tertiary/aromatic N) is 1. The van der Waals surface area contributed by atoms with Crippen LogP contribution in [0.25, 0.3) is 0 Å². The predicted molar refractivity (Wildman–Crippen MR) is 80.2 cm³/mol. The van der Waals surface area contributed by atoms with Crippen LogP contribution in [0.5, 0.6) is 0 Å². The number of aromatic nitrogens is 1. The minimum absolute atomic E-state index is 0.00351. The van der Waals surface area contributed by atoms with Crippen molar-refractivity contribution in [3.8, 4) is 0 Å². The molecule has 110 valence electrons. The Morgan fingerprint density at radius 1 is 1.10 bits per heavy atom. The molecule has 1 amide bonds. The third-order valence-electron chi connectivity index (χ3n) is 5.00. The van der Waals surface area contributed by atoms with Gasteiger partial charge in [0, 0.05) is 18.5 Å². The maximum Gasteiger partial charge on any atom is 0.305 e. The van der Waals surface area contributed by atoms with Crippen LogP contribution in [-0.2, 0) is 0 Å². The molecular weight excluding hydrogens is 272 g/mol. The van der Waals surface area contributed by atoms with Gasteiger partial charge in [-0.1, -0.05) is 30.6 Å². The first-order valence-corrected chi connectivity index (χ1v) is 8.54. The lowest BCUT2D eigenvalue weighted by molar-refractivity contribution is 0.0744. The van der Waals surface area contributed by atoms with Crippen LogP contribution in [0.15, 0.2) is 10.2 Å². The summed E-state index contributed by atoms with van der Waals surface area (Å²) in [6.07, 6.45) is 10.2. The summed E-state index contributed by atoms with van der Waals surface area (Å²) in [6, 6.07) is 0. The summed E-state index contributed by atoms with van der Waals surface area (Å²) < 4.78 is 0. The third-order valence-corrected chi connectivity index (χ3v) is 5.67. The average molecular weight is 294 g/mol. The fraction of sp³-hybridized carbons (Fsp3) is 0.733. The SMILES string of the molecule is O=C(c1csc(=O)[nH]1)N1CCCC2(CCCCC2)CC1. The highest BCUT2D eigenvalue weighted by molar-refractivity contribution is 7.07. The van der Waals surface area contributed by atoms with Crippen molar-refractivity contribution >= 4 is 17.2 Å².